The molecule has 1 heterocycles. The Balaban J connectivity index is 2.51. The standard InChI is InChI=1S/C10H10FNO/c11-12-7-3-6-10(13)8-4-1-2-5-9(8)12/h1-2,4-5H,3,6-7H2. The minimum Gasteiger partial charge on any atom is -0.294 e. The number of nitrogens with zero attached hydrogens (tertiary/aromatic N) is 1. The van der Waals surface area contributed by atoms with E-state index < -0.39 is 0 Å². The number of benzene rings is 1. The van der Waals surface area contributed by atoms with Crippen LogP contribution in [0.1, 0.15) is 23.2 Å². The first-order valence-electron chi connectivity index (χ1n) is 4.34. The van der Waals surface area contributed by atoms with Gasteiger partial charge in [-0.15, -0.1) is 0 Å². The molecule has 0 saturated carbocycles. The largest absolute Gasteiger partial charge is 0.294 e. The third-order valence-corrected chi connectivity index (χ3v) is 2.22. The molecular weight excluding hydrogens is 169 g/mol. The molecule has 0 atom stereocenters. The van der Waals surface area contributed by atoms with Gasteiger partial charge in [0.1, 0.15) is 0 Å². The lowest BCUT2D eigenvalue weighted by Gasteiger charge is -2.12. The second kappa shape index (κ2) is 3.17. The molecule has 68 valence electrons. The van der Waals surface area contributed by atoms with Crippen LogP contribution in [0.5, 0.6) is 0 Å². The van der Waals surface area contributed by atoms with Crippen LogP contribution in [0.2, 0.25) is 0 Å². The molecule has 3 heteroatoms. The predicted octanol–water partition coefficient (Wildman–Crippen LogP) is 2.35. The summed E-state index contributed by atoms with van der Waals surface area (Å²) < 4.78 is 13.3. The first-order valence-corrected chi connectivity index (χ1v) is 4.34. The minimum atomic E-state index is 0.0377. The van der Waals surface area contributed by atoms with Gasteiger partial charge in [0.2, 0.25) is 0 Å². The summed E-state index contributed by atoms with van der Waals surface area (Å²) >= 11 is 0. The molecule has 0 aliphatic carbocycles. The molecule has 0 amide bonds. The average Bonchev–Trinajstić information content (AvgIpc) is 2.29. The topological polar surface area (TPSA) is 20.3 Å². The summed E-state index contributed by atoms with van der Waals surface area (Å²) in [6.07, 6.45) is 1.03. The summed E-state index contributed by atoms with van der Waals surface area (Å²) in [5, 5.41) is 0.653. The number of hydrogen-bond donors (Lipinski definition) is 0. The van der Waals surface area contributed by atoms with Crippen molar-refractivity contribution in [3.63, 3.8) is 0 Å². The van der Waals surface area contributed by atoms with E-state index in [4.69, 9.17) is 0 Å². The highest BCUT2D eigenvalue weighted by atomic mass is 19.2. The van der Waals surface area contributed by atoms with Crippen LogP contribution >= 0.6 is 0 Å². The van der Waals surface area contributed by atoms with E-state index in [-0.39, 0.29) is 5.78 Å². The Morgan fingerprint density at radius 3 is 2.92 bits per heavy atom. The lowest BCUT2D eigenvalue weighted by molar-refractivity contribution is 0.0984. The number of ketones is 1. The number of anilines is 1. The normalized spacial score (nSPS) is 16.7. The Morgan fingerprint density at radius 1 is 1.31 bits per heavy atom. The van der Waals surface area contributed by atoms with Crippen molar-refractivity contribution in [1.82, 2.24) is 0 Å². The first-order chi connectivity index (χ1) is 6.29. The molecular formula is C10H10FNO. The Labute approximate surface area is 75.9 Å². The fraction of sp³-hybridized carbons (Fsp3) is 0.300. The zero-order valence-corrected chi connectivity index (χ0v) is 7.16. The fourth-order valence-electron chi connectivity index (χ4n) is 1.55. The molecule has 0 bridgehead atoms. The van der Waals surface area contributed by atoms with Crippen molar-refractivity contribution >= 4 is 11.5 Å². The maximum atomic E-state index is 13.3. The van der Waals surface area contributed by atoms with Gasteiger partial charge < -0.3 is 0 Å². The van der Waals surface area contributed by atoms with Gasteiger partial charge in [-0.25, -0.2) is 5.12 Å². The van der Waals surface area contributed by atoms with Gasteiger partial charge in [0.05, 0.1) is 12.2 Å². The van der Waals surface area contributed by atoms with E-state index in [1.807, 2.05) is 0 Å². The zero-order valence-electron chi connectivity index (χ0n) is 7.16. The van der Waals surface area contributed by atoms with Crippen molar-refractivity contribution < 1.29 is 9.28 Å². The molecule has 0 radical (unpaired) electrons. The lowest BCUT2D eigenvalue weighted by Crippen LogP contribution is -2.12. The molecule has 2 nitrogen and oxygen atoms in total. The summed E-state index contributed by atoms with van der Waals surface area (Å²) in [5.74, 6) is 0.0377. The Kier molecular flexibility index (Phi) is 2.00. The van der Waals surface area contributed by atoms with Crippen LogP contribution in [0.4, 0.5) is 10.2 Å². The van der Waals surface area contributed by atoms with Crippen LogP contribution < -0.4 is 5.12 Å². The summed E-state index contributed by atoms with van der Waals surface area (Å²) in [6.45, 7) is 0.308. The molecule has 0 spiro atoms. The number of halogens is 1. The van der Waals surface area contributed by atoms with E-state index in [1.165, 1.54) is 0 Å². The number of Topliss-reactive ketones (excluding diaryl/α,β-unsaturated/α-hetero) is 1. The number of fused-ring (bicyclic) bond motifs is 1. The van der Waals surface area contributed by atoms with E-state index in [0.29, 0.717) is 35.8 Å². The Bertz CT molecular complexity index is 337. The van der Waals surface area contributed by atoms with E-state index in [0.717, 1.165) is 0 Å². The lowest BCUT2D eigenvalue weighted by atomic mass is 10.1. The van der Waals surface area contributed by atoms with Crippen LogP contribution in [-0.2, 0) is 0 Å². The van der Waals surface area contributed by atoms with E-state index >= 15 is 0 Å². The predicted molar refractivity (Wildman–Crippen MR) is 48.5 cm³/mol. The number of hydrogen-bond acceptors (Lipinski definition) is 2. The van der Waals surface area contributed by atoms with Gasteiger partial charge in [-0.05, 0) is 18.6 Å². The quantitative estimate of drug-likeness (QED) is 0.570. The number of carbonyl (C=O) groups excluding carboxylic acids is 1. The highest BCUT2D eigenvalue weighted by Gasteiger charge is 2.19. The van der Waals surface area contributed by atoms with Gasteiger partial charge in [-0.2, -0.15) is 0 Å². The van der Waals surface area contributed by atoms with Gasteiger partial charge in [-0.3, -0.25) is 4.79 Å². The zero-order chi connectivity index (χ0) is 9.26. The van der Waals surface area contributed by atoms with E-state index in [9.17, 15) is 9.28 Å². The number of rotatable bonds is 0. The van der Waals surface area contributed by atoms with Gasteiger partial charge in [0.25, 0.3) is 0 Å². The highest BCUT2D eigenvalue weighted by Crippen LogP contribution is 2.25. The Hall–Kier alpha value is -1.38. The van der Waals surface area contributed by atoms with Gasteiger partial charge in [0.15, 0.2) is 5.78 Å². The molecule has 1 aliphatic rings. The Morgan fingerprint density at radius 2 is 2.08 bits per heavy atom. The molecule has 0 unspecified atom stereocenters. The third-order valence-electron chi connectivity index (χ3n) is 2.22. The van der Waals surface area contributed by atoms with Crippen LogP contribution in [0.15, 0.2) is 24.3 Å². The van der Waals surface area contributed by atoms with Crippen molar-refractivity contribution in [2.24, 2.45) is 0 Å². The van der Waals surface area contributed by atoms with Crippen molar-refractivity contribution in [3.8, 4) is 0 Å². The monoisotopic (exact) mass is 179 g/mol. The molecule has 0 fully saturated rings. The van der Waals surface area contributed by atoms with Gasteiger partial charge in [-0.1, -0.05) is 16.6 Å². The molecule has 2 rings (SSSR count). The molecule has 1 aromatic rings. The van der Waals surface area contributed by atoms with Gasteiger partial charge in [0, 0.05) is 12.0 Å². The first kappa shape index (κ1) is 8.23. The third kappa shape index (κ3) is 1.41. The fourth-order valence-corrected chi connectivity index (χ4v) is 1.55. The second-order valence-electron chi connectivity index (χ2n) is 3.13. The molecule has 13 heavy (non-hydrogen) atoms. The van der Waals surface area contributed by atoms with Crippen LogP contribution in [0.3, 0.4) is 0 Å². The minimum absolute atomic E-state index is 0.0377. The molecule has 0 saturated heterocycles. The maximum absolute atomic E-state index is 13.3. The molecule has 0 aromatic heterocycles. The van der Waals surface area contributed by atoms with Crippen molar-refractivity contribution in [2.45, 2.75) is 12.8 Å². The average molecular weight is 179 g/mol. The number of para-hydroxylation sites is 1. The van der Waals surface area contributed by atoms with Crippen LogP contribution in [0.25, 0.3) is 0 Å². The van der Waals surface area contributed by atoms with E-state index in [2.05, 4.69) is 0 Å². The summed E-state index contributed by atoms with van der Waals surface area (Å²) in [5.41, 5.74) is 0.910. The molecule has 0 N–H and O–H groups in total. The van der Waals surface area contributed by atoms with E-state index in [1.54, 1.807) is 24.3 Å². The summed E-state index contributed by atoms with van der Waals surface area (Å²) in [7, 11) is 0. The molecule has 1 aliphatic heterocycles. The second-order valence-corrected chi connectivity index (χ2v) is 3.13. The van der Waals surface area contributed by atoms with Crippen LogP contribution in [-0.4, -0.2) is 12.3 Å². The SMILES string of the molecule is O=C1CCCN(F)c2ccccc21. The highest BCUT2D eigenvalue weighted by molar-refractivity contribution is 6.01. The van der Waals surface area contributed by atoms with Crippen molar-refractivity contribution in [1.29, 1.82) is 0 Å². The number of carbonyl (C=O) groups is 1. The van der Waals surface area contributed by atoms with Crippen molar-refractivity contribution in [3.05, 3.63) is 29.8 Å². The van der Waals surface area contributed by atoms with Gasteiger partial charge >= 0.3 is 0 Å². The van der Waals surface area contributed by atoms with Crippen molar-refractivity contribution in [2.75, 3.05) is 11.7 Å². The molecule has 1 aromatic carbocycles. The smallest absolute Gasteiger partial charge is 0.165 e. The summed E-state index contributed by atoms with van der Waals surface area (Å²) in [6, 6.07) is 6.81. The van der Waals surface area contributed by atoms with Crippen LogP contribution in [0, 0.1) is 0 Å². The maximum Gasteiger partial charge on any atom is 0.165 e. The summed E-state index contributed by atoms with van der Waals surface area (Å²) in [4.78, 5) is 11.5.